The van der Waals surface area contributed by atoms with Gasteiger partial charge in [-0.1, -0.05) is 13.8 Å². The van der Waals surface area contributed by atoms with Gasteiger partial charge in [0.15, 0.2) is 0 Å². The van der Waals surface area contributed by atoms with Gasteiger partial charge in [-0.2, -0.15) is 0 Å². The first-order valence-electron chi connectivity index (χ1n) is 6.41. The van der Waals surface area contributed by atoms with Gasteiger partial charge < -0.3 is 10.1 Å². The Hall–Kier alpha value is -2.02. The fourth-order valence-corrected chi connectivity index (χ4v) is 1.71. The number of ether oxygens (including phenoxy) is 1. The van der Waals surface area contributed by atoms with Gasteiger partial charge in [0.05, 0.1) is 19.3 Å². The number of nitrogens with one attached hydrogen (secondary N) is 2. The Morgan fingerprint density at radius 2 is 1.95 bits per heavy atom. The van der Waals surface area contributed by atoms with Crippen molar-refractivity contribution in [3.05, 3.63) is 29.8 Å². The zero-order chi connectivity index (χ0) is 16.0. The van der Waals surface area contributed by atoms with E-state index in [4.69, 9.17) is 0 Å². The van der Waals surface area contributed by atoms with E-state index < -0.39 is 29.6 Å². The smallest absolute Gasteiger partial charge is 0.323 e. The van der Waals surface area contributed by atoms with E-state index in [2.05, 4.69) is 15.4 Å². The second-order valence-electron chi connectivity index (χ2n) is 4.80. The van der Waals surface area contributed by atoms with Gasteiger partial charge in [0, 0.05) is 6.07 Å². The van der Waals surface area contributed by atoms with Gasteiger partial charge in [0.2, 0.25) is 5.91 Å². The molecular formula is C14H18F2N2O3. The number of esters is 1. The summed E-state index contributed by atoms with van der Waals surface area (Å²) in [5.74, 6) is -2.69. The first-order chi connectivity index (χ1) is 9.85. The lowest BCUT2D eigenvalue weighted by molar-refractivity contribution is -0.144. The molecule has 1 rings (SSSR count). The Kier molecular flexibility index (Phi) is 6.23. The van der Waals surface area contributed by atoms with Crippen LogP contribution in [0.3, 0.4) is 0 Å². The van der Waals surface area contributed by atoms with E-state index in [1.54, 1.807) is 13.8 Å². The van der Waals surface area contributed by atoms with Crippen molar-refractivity contribution in [2.45, 2.75) is 19.9 Å². The zero-order valence-electron chi connectivity index (χ0n) is 12.1. The highest BCUT2D eigenvalue weighted by atomic mass is 19.1. The molecule has 0 aromatic heterocycles. The van der Waals surface area contributed by atoms with E-state index in [9.17, 15) is 18.4 Å². The molecule has 1 unspecified atom stereocenters. The van der Waals surface area contributed by atoms with E-state index in [0.29, 0.717) is 6.07 Å². The Balaban J connectivity index is 2.59. The first kappa shape index (κ1) is 17.0. The van der Waals surface area contributed by atoms with Gasteiger partial charge in [-0.3, -0.25) is 14.9 Å². The topological polar surface area (TPSA) is 67.4 Å². The molecule has 0 aliphatic carbocycles. The minimum absolute atomic E-state index is 0.0761. The Bertz CT molecular complexity index is 521. The van der Waals surface area contributed by atoms with Crippen LogP contribution in [0.5, 0.6) is 0 Å². The molecule has 1 aromatic carbocycles. The lowest BCUT2D eigenvalue weighted by Gasteiger charge is -2.19. The van der Waals surface area contributed by atoms with E-state index in [0.717, 1.165) is 12.1 Å². The summed E-state index contributed by atoms with van der Waals surface area (Å²) in [6.07, 6.45) is 0. The fourth-order valence-electron chi connectivity index (χ4n) is 1.71. The van der Waals surface area contributed by atoms with Crippen LogP contribution in [0.15, 0.2) is 18.2 Å². The monoisotopic (exact) mass is 300 g/mol. The Labute approximate surface area is 121 Å². The average Bonchev–Trinajstić information content (AvgIpc) is 2.41. The Morgan fingerprint density at radius 3 is 2.48 bits per heavy atom. The second kappa shape index (κ2) is 7.68. The van der Waals surface area contributed by atoms with E-state index in [-0.39, 0.29) is 18.2 Å². The van der Waals surface area contributed by atoms with Gasteiger partial charge in [-0.05, 0) is 18.1 Å². The maximum absolute atomic E-state index is 13.4. The molecule has 0 fully saturated rings. The second-order valence-corrected chi connectivity index (χ2v) is 4.80. The van der Waals surface area contributed by atoms with E-state index >= 15 is 0 Å². The molecule has 116 valence electrons. The summed E-state index contributed by atoms with van der Waals surface area (Å²) in [7, 11) is 1.26. The molecule has 2 N–H and O–H groups in total. The van der Waals surface area contributed by atoms with Crippen LogP contribution in [0.4, 0.5) is 14.5 Å². The Morgan fingerprint density at radius 1 is 1.29 bits per heavy atom. The molecule has 1 aromatic rings. The molecule has 5 nitrogen and oxygen atoms in total. The van der Waals surface area contributed by atoms with Crippen molar-refractivity contribution in [1.82, 2.24) is 5.32 Å². The number of benzene rings is 1. The van der Waals surface area contributed by atoms with Gasteiger partial charge in [-0.25, -0.2) is 8.78 Å². The summed E-state index contributed by atoms with van der Waals surface area (Å²) in [5, 5.41) is 5.03. The molecule has 0 saturated carbocycles. The van der Waals surface area contributed by atoms with Gasteiger partial charge >= 0.3 is 5.97 Å². The highest BCUT2D eigenvalue weighted by Gasteiger charge is 2.23. The molecule has 0 saturated heterocycles. The number of hydrogen-bond acceptors (Lipinski definition) is 4. The largest absolute Gasteiger partial charge is 0.468 e. The number of anilines is 1. The minimum Gasteiger partial charge on any atom is -0.468 e. The predicted molar refractivity (Wildman–Crippen MR) is 73.6 cm³/mol. The molecule has 0 heterocycles. The number of carbonyl (C=O) groups excluding carboxylic acids is 2. The van der Waals surface area contributed by atoms with Crippen molar-refractivity contribution in [3.63, 3.8) is 0 Å². The fraction of sp³-hybridized carbons (Fsp3) is 0.429. The lowest BCUT2D eigenvalue weighted by Crippen LogP contribution is -2.45. The van der Waals surface area contributed by atoms with Crippen LogP contribution in [0.25, 0.3) is 0 Å². The minimum atomic E-state index is -0.864. The van der Waals surface area contributed by atoms with Gasteiger partial charge in [0.25, 0.3) is 0 Å². The van der Waals surface area contributed by atoms with Crippen molar-refractivity contribution in [3.8, 4) is 0 Å². The van der Waals surface area contributed by atoms with Crippen LogP contribution in [0.2, 0.25) is 0 Å². The maximum atomic E-state index is 13.4. The number of rotatable bonds is 6. The SMILES string of the molecule is COC(=O)C(NCC(=O)Nc1ccc(F)cc1F)C(C)C. The number of carbonyl (C=O) groups is 2. The number of amides is 1. The van der Waals surface area contributed by atoms with Crippen LogP contribution in [-0.4, -0.2) is 31.6 Å². The molecule has 0 radical (unpaired) electrons. The molecule has 21 heavy (non-hydrogen) atoms. The molecule has 0 bridgehead atoms. The summed E-state index contributed by atoms with van der Waals surface area (Å²) in [6.45, 7) is 3.40. The number of hydrogen-bond donors (Lipinski definition) is 2. The van der Waals surface area contributed by atoms with Gasteiger partial charge in [-0.15, -0.1) is 0 Å². The molecular weight excluding hydrogens is 282 g/mol. The number of methoxy groups -OCH3 is 1. The predicted octanol–water partition coefficient (Wildman–Crippen LogP) is 1.69. The zero-order valence-corrected chi connectivity index (χ0v) is 12.1. The third kappa shape index (κ3) is 5.11. The first-order valence-corrected chi connectivity index (χ1v) is 6.41. The van der Waals surface area contributed by atoms with E-state index in [1.165, 1.54) is 7.11 Å². The molecule has 0 spiro atoms. The summed E-state index contributed by atoms with van der Waals surface area (Å²) in [4.78, 5) is 23.2. The number of halogens is 2. The standard InChI is InChI=1S/C14H18F2N2O3/c1-8(2)13(14(20)21-3)17-7-12(19)18-11-5-4-9(15)6-10(11)16/h4-6,8,13,17H,7H2,1-3H3,(H,18,19). The molecule has 0 aliphatic rings. The summed E-state index contributed by atoms with van der Waals surface area (Å²) in [6, 6.07) is 2.20. The molecule has 1 atom stereocenters. The van der Waals surface area contributed by atoms with Crippen LogP contribution in [0.1, 0.15) is 13.8 Å². The third-order valence-corrected chi connectivity index (χ3v) is 2.81. The maximum Gasteiger partial charge on any atom is 0.323 e. The highest BCUT2D eigenvalue weighted by molar-refractivity contribution is 5.92. The van der Waals surface area contributed by atoms with Crippen LogP contribution < -0.4 is 10.6 Å². The highest BCUT2D eigenvalue weighted by Crippen LogP contribution is 2.14. The van der Waals surface area contributed by atoms with Crippen molar-refractivity contribution in [2.75, 3.05) is 19.0 Å². The third-order valence-electron chi connectivity index (χ3n) is 2.81. The average molecular weight is 300 g/mol. The van der Waals surface area contributed by atoms with Gasteiger partial charge in [0.1, 0.15) is 17.7 Å². The van der Waals surface area contributed by atoms with Crippen LogP contribution in [0, 0.1) is 17.6 Å². The van der Waals surface area contributed by atoms with E-state index in [1.807, 2.05) is 0 Å². The van der Waals surface area contributed by atoms with Crippen molar-refractivity contribution < 1.29 is 23.1 Å². The van der Waals surface area contributed by atoms with Crippen molar-refractivity contribution in [1.29, 1.82) is 0 Å². The molecule has 0 aliphatic heterocycles. The summed E-state index contributed by atoms with van der Waals surface area (Å²) < 4.78 is 30.7. The molecule has 7 heteroatoms. The normalized spacial score (nSPS) is 12.1. The lowest BCUT2D eigenvalue weighted by atomic mass is 10.0. The van der Waals surface area contributed by atoms with Crippen LogP contribution >= 0.6 is 0 Å². The van der Waals surface area contributed by atoms with Crippen molar-refractivity contribution >= 4 is 17.6 Å². The summed E-state index contributed by atoms with van der Waals surface area (Å²) >= 11 is 0. The molecule has 1 amide bonds. The quantitative estimate of drug-likeness (QED) is 0.785. The van der Waals surface area contributed by atoms with Crippen molar-refractivity contribution in [2.24, 2.45) is 5.92 Å². The summed E-state index contributed by atoms with van der Waals surface area (Å²) in [5.41, 5.74) is -0.123. The van der Waals surface area contributed by atoms with Crippen LogP contribution in [-0.2, 0) is 14.3 Å².